The largest absolute Gasteiger partial charge is 0.495 e. The van der Waals surface area contributed by atoms with Crippen molar-refractivity contribution in [3.8, 4) is 11.5 Å². The van der Waals surface area contributed by atoms with Crippen LogP contribution in [0.3, 0.4) is 0 Å². The minimum Gasteiger partial charge on any atom is -0.495 e. The first-order valence-corrected chi connectivity index (χ1v) is 12.2. The lowest BCUT2D eigenvalue weighted by atomic mass is 9.99. The van der Waals surface area contributed by atoms with Crippen molar-refractivity contribution in [1.82, 2.24) is 5.16 Å². The fourth-order valence-electron chi connectivity index (χ4n) is 3.45. The lowest BCUT2D eigenvalue weighted by molar-refractivity contribution is 0.174. The van der Waals surface area contributed by atoms with Gasteiger partial charge in [0.25, 0.3) is 15.9 Å². The predicted octanol–water partition coefficient (Wildman–Crippen LogP) is 5.09. The van der Waals surface area contributed by atoms with Crippen LogP contribution in [0, 0.1) is 13.8 Å². The molecule has 1 aromatic carbocycles. The number of anilines is 1. The van der Waals surface area contributed by atoms with Crippen LogP contribution >= 0.6 is 22.9 Å². The van der Waals surface area contributed by atoms with E-state index in [-0.39, 0.29) is 22.6 Å². The van der Waals surface area contributed by atoms with Gasteiger partial charge in [-0.05, 0) is 55.5 Å². The van der Waals surface area contributed by atoms with Gasteiger partial charge in [0, 0.05) is 12.6 Å². The molecule has 3 heterocycles. The van der Waals surface area contributed by atoms with E-state index < -0.39 is 10.0 Å². The van der Waals surface area contributed by atoms with Crippen molar-refractivity contribution in [3.05, 3.63) is 50.3 Å². The molecule has 3 aromatic rings. The second-order valence-corrected chi connectivity index (χ2v) is 10.4. The molecular formula is C21H21ClN2O6S2. The minimum atomic E-state index is -4.01. The molecule has 0 spiro atoms. The summed E-state index contributed by atoms with van der Waals surface area (Å²) in [6, 6.07) is 5.29. The highest BCUT2D eigenvalue weighted by Crippen LogP contribution is 2.41. The zero-order valence-corrected chi connectivity index (χ0v) is 20.4. The van der Waals surface area contributed by atoms with Gasteiger partial charge in [-0.2, -0.15) is 0 Å². The maximum atomic E-state index is 13.4. The summed E-state index contributed by atoms with van der Waals surface area (Å²) in [7, 11) is -1.13. The molecule has 0 saturated carbocycles. The van der Waals surface area contributed by atoms with Gasteiger partial charge in [0.15, 0.2) is 11.5 Å². The summed E-state index contributed by atoms with van der Waals surface area (Å²) < 4.78 is 49.7. The summed E-state index contributed by atoms with van der Waals surface area (Å²) in [6.07, 6.45) is 0. The number of hydrogen-bond donors (Lipinski definition) is 0. The van der Waals surface area contributed by atoms with Crippen molar-refractivity contribution >= 4 is 50.2 Å². The standard InChI is InChI=1S/C21H21ClN2O6S2/c1-11-8-15-16(29-10-28-15)9-14(11)12(2)19(27-5)20-17(6-7-31-20)32(25,26)24(4)21-18(22)13(3)23-30-21/h6-9H,10H2,1-5H3/b19-12-. The summed E-state index contributed by atoms with van der Waals surface area (Å²) in [5.74, 6) is 1.70. The number of hydrogen-bond acceptors (Lipinski definition) is 8. The van der Waals surface area contributed by atoms with Crippen LogP contribution in [-0.4, -0.2) is 34.5 Å². The molecule has 11 heteroatoms. The van der Waals surface area contributed by atoms with E-state index in [4.69, 9.17) is 30.3 Å². The Labute approximate surface area is 195 Å². The quantitative estimate of drug-likeness (QED) is 0.438. The topological polar surface area (TPSA) is 91.1 Å². The fourth-order valence-corrected chi connectivity index (χ4v) is 6.32. The number of ether oxygens (including phenoxy) is 3. The molecule has 0 radical (unpaired) electrons. The summed E-state index contributed by atoms with van der Waals surface area (Å²) in [6.45, 7) is 5.62. The van der Waals surface area contributed by atoms with Gasteiger partial charge in [-0.15, -0.1) is 11.3 Å². The summed E-state index contributed by atoms with van der Waals surface area (Å²) >= 11 is 7.44. The molecule has 0 amide bonds. The van der Waals surface area contributed by atoms with Crippen molar-refractivity contribution in [2.24, 2.45) is 0 Å². The van der Waals surface area contributed by atoms with Crippen molar-refractivity contribution in [3.63, 3.8) is 0 Å². The zero-order valence-electron chi connectivity index (χ0n) is 18.1. The molecule has 0 atom stereocenters. The summed E-state index contributed by atoms with van der Waals surface area (Å²) in [4.78, 5) is 0.533. The highest BCUT2D eigenvalue weighted by molar-refractivity contribution is 7.93. The van der Waals surface area contributed by atoms with E-state index >= 15 is 0 Å². The van der Waals surface area contributed by atoms with Gasteiger partial charge < -0.3 is 18.7 Å². The van der Waals surface area contributed by atoms with Crippen molar-refractivity contribution in [1.29, 1.82) is 0 Å². The van der Waals surface area contributed by atoms with E-state index in [1.54, 1.807) is 12.3 Å². The Morgan fingerprint density at radius 2 is 1.94 bits per heavy atom. The minimum absolute atomic E-state index is 0.0485. The number of rotatable bonds is 6. The van der Waals surface area contributed by atoms with Crippen LogP contribution in [0.4, 0.5) is 5.88 Å². The monoisotopic (exact) mass is 496 g/mol. The number of thiophene rings is 1. The molecule has 0 fully saturated rings. The van der Waals surface area contributed by atoms with Gasteiger partial charge in [-0.1, -0.05) is 16.8 Å². The highest BCUT2D eigenvalue weighted by atomic mass is 35.5. The maximum absolute atomic E-state index is 13.4. The Kier molecular flexibility index (Phi) is 5.87. The van der Waals surface area contributed by atoms with Gasteiger partial charge in [0.1, 0.15) is 21.4 Å². The zero-order chi connectivity index (χ0) is 23.2. The van der Waals surface area contributed by atoms with Gasteiger partial charge in [0.2, 0.25) is 6.79 Å². The van der Waals surface area contributed by atoms with Crippen LogP contribution in [0.25, 0.3) is 11.3 Å². The number of allylic oxidation sites excluding steroid dienone is 1. The number of benzene rings is 1. The first kappa shape index (κ1) is 22.5. The number of methoxy groups -OCH3 is 1. The van der Waals surface area contributed by atoms with Crippen molar-refractivity contribution in [2.75, 3.05) is 25.3 Å². The molecule has 1 aliphatic rings. The van der Waals surface area contributed by atoms with Gasteiger partial charge in [0.05, 0.1) is 12.0 Å². The van der Waals surface area contributed by atoms with E-state index in [1.165, 1.54) is 31.6 Å². The van der Waals surface area contributed by atoms with Crippen LogP contribution in [0.1, 0.15) is 28.6 Å². The third kappa shape index (κ3) is 3.62. The predicted molar refractivity (Wildman–Crippen MR) is 123 cm³/mol. The van der Waals surface area contributed by atoms with E-state index in [0.29, 0.717) is 27.8 Å². The Morgan fingerprint density at radius 1 is 1.25 bits per heavy atom. The average Bonchev–Trinajstić information content (AvgIpc) is 3.49. The third-order valence-corrected chi connectivity index (χ3v) is 8.46. The summed E-state index contributed by atoms with van der Waals surface area (Å²) in [5, 5.41) is 5.58. The maximum Gasteiger partial charge on any atom is 0.268 e. The van der Waals surface area contributed by atoms with E-state index in [0.717, 1.165) is 21.0 Å². The molecule has 2 aromatic heterocycles. The summed E-state index contributed by atoms with van der Waals surface area (Å²) in [5.41, 5.74) is 2.98. The number of nitrogens with zero attached hydrogens (tertiary/aromatic N) is 2. The van der Waals surface area contributed by atoms with Gasteiger partial charge >= 0.3 is 0 Å². The first-order chi connectivity index (χ1) is 15.2. The van der Waals surface area contributed by atoms with Crippen molar-refractivity contribution in [2.45, 2.75) is 25.7 Å². The number of halogens is 1. The molecule has 0 saturated heterocycles. The molecule has 0 aliphatic carbocycles. The lowest BCUT2D eigenvalue weighted by Crippen LogP contribution is -2.26. The van der Waals surface area contributed by atoms with Crippen molar-refractivity contribution < 1.29 is 27.2 Å². The molecular weight excluding hydrogens is 476 g/mol. The first-order valence-electron chi connectivity index (χ1n) is 9.50. The van der Waals surface area contributed by atoms with Crippen LogP contribution in [0.15, 0.2) is 33.0 Å². The van der Waals surface area contributed by atoms with Crippen LogP contribution in [0.2, 0.25) is 5.02 Å². The lowest BCUT2D eigenvalue weighted by Gasteiger charge is -2.18. The second kappa shape index (κ2) is 8.34. The van der Waals surface area contributed by atoms with E-state index in [9.17, 15) is 8.42 Å². The number of aryl methyl sites for hydroxylation is 2. The van der Waals surface area contributed by atoms with Gasteiger partial charge in [-0.3, -0.25) is 0 Å². The molecule has 32 heavy (non-hydrogen) atoms. The molecule has 4 rings (SSSR count). The normalized spacial score (nSPS) is 13.8. The molecule has 0 unspecified atom stereocenters. The molecule has 0 N–H and O–H groups in total. The molecule has 170 valence electrons. The van der Waals surface area contributed by atoms with Crippen LogP contribution in [-0.2, 0) is 14.8 Å². The Hall–Kier alpha value is -2.69. The van der Waals surface area contributed by atoms with Crippen LogP contribution < -0.4 is 13.8 Å². The molecule has 1 aliphatic heterocycles. The van der Waals surface area contributed by atoms with E-state index in [1.807, 2.05) is 26.0 Å². The SMILES string of the molecule is CO/C(=C(/C)c1cc2c(cc1C)OCO2)c1sccc1S(=O)(=O)N(C)c1onc(C)c1Cl. The number of fused-ring (bicyclic) bond motifs is 1. The molecule has 8 nitrogen and oxygen atoms in total. The van der Waals surface area contributed by atoms with E-state index in [2.05, 4.69) is 5.16 Å². The Bertz CT molecular complexity index is 1330. The highest BCUT2D eigenvalue weighted by Gasteiger charge is 2.32. The third-order valence-electron chi connectivity index (χ3n) is 5.20. The second-order valence-electron chi connectivity index (χ2n) is 7.15. The fraction of sp³-hybridized carbons (Fsp3) is 0.286. The Balaban J connectivity index is 1.82. The smallest absolute Gasteiger partial charge is 0.268 e. The average molecular weight is 497 g/mol. The van der Waals surface area contributed by atoms with Crippen LogP contribution in [0.5, 0.6) is 11.5 Å². The molecule has 0 bridgehead atoms. The van der Waals surface area contributed by atoms with Gasteiger partial charge in [-0.25, -0.2) is 12.7 Å². The number of sulfonamides is 1. The number of aromatic nitrogens is 1. The Morgan fingerprint density at radius 3 is 2.56 bits per heavy atom.